The Labute approximate surface area is 113 Å². The average Bonchev–Trinajstić information content (AvgIpc) is 2.71. The van der Waals surface area contributed by atoms with E-state index in [-0.39, 0.29) is 15.9 Å². The molecule has 0 unspecified atom stereocenters. The van der Waals surface area contributed by atoms with E-state index >= 15 is 0 Å². The van der Waals surface area contributed by atoms with Crippen LogP contribution in [0.5, 0.6) is 11.5 Å². The molecule has 0 atom stereocenters. The largest absolute Gasteiger partial charge is 0.497 e. The monoisotopic (exact) mass is 285 g/mol. The molecule has 1 N–H and O–H groups in total. The van der Waals surface area contributed by atoms with Gasteiger partial charge in [0.05, 0.1) is 12.1 Å². The second-order valence-electron chi connectivity index (χ2n) is 3.41. The number of aromatic amines is 1. The van der Waals surface area contributed by atoms with Crippen molar-refractivity contribution in [1.82, 2.24) is 4.98 Å². The van der Waals surface area contributed by atoms with Crippen LogP contribution >= 0.6 is 23.2 Å². The molecule has 0 fully saturated rings. The van der Waals surface area contributed by atoms with Crippen LogP contribution in [0.3, 0.4) is 0 Å². The molecule has 1 aromatic heterocycles. The summed E-state index contributed by atoms with van der Waals surface area (Å²) in [5, 5.41) is 0.483. The van der Waals surface area contributed by atoms with Crippen molar-refractivity contribution in [3.05, 3.63) is 46.2 Å². The number of benzene rings is 1. The number of carbonyl (C=O) groups excluding carboxylic acids is 1. The Morgan fingerprint density at radius 1 is 1.17 bits per heavy atom. The first-order valence-corrected chi connectivity index (χ1v) is 5.76. The number of rotatable bonds is 3. The normalized spacial score (nSPS) is 10.2. The number of esters is 1. The summed E-state index contributed by atoms with van der Waals surface area (Å²) in [5.41, 5.74) is 0.195. The molecule has 2 aromatic rings. The van der Waals surface area contributed by atoms with E-state index < -0.39 is 5.97 Å². The first-order valence-electron chi connectivity index (χ1n) is 5.00. The maximum Gasteiger partial charge on any atom is 0.360 e. The second-order valence-corrected chi connectivity index (χ2v) is 4.20. The Morgan fingerprint density at radius 3 is 2.28 bits per heavy atom. The van der Waals surface area contributed by atoms with Crippen LogP contribution in [0, 0.1) is 0 Å². The molecule has 0 aliphatic heterocycles. The maximum atomic E-state index is 11.7. The van der Waals surface area contributed by atoms with Crippen molar-refractivity contribution >= 4 is 29.2 Å². The van der Waals surface area contributed by atoms with Crippen molar-refractivity contribution in [3.8, 4) is 11.5 Å². The molecule has 0 spiro atoms. The molecule has 0 bridgehead atoms. The Balaban J connectivity index is 2.10. The van der Waals surface area contributed by atoms with Crippen molar-refractivity contribution in [2.24, 2.45) is 0 Å². The number of nitrogens with one attached hydrogen (secondary N) is 1. The molecule has 94 valence electrons. The lowest BCUT2D eigenvalue weighted by Crippen LogP contribution is -2.08. The van der Waals surface area contributed by atoms with Gasteiger partial charge in [-0.1, -0.05) is 23.2 Å². The van der Waals surface area contributed by atoms with Crippen LogP contribution in [0.1, 0.15) is 10.5 Å². The van der Waals surface area contributed by atoms with Gasteiger partial charge < -0.3 is 14.5 Å². The van der Waals surface area contributed by atoms with Crippen LogP contribution in [0.4, 0.5) is 0 Å². The minimum Gasteiger partial charge on any atom is -0.497 e. The van der Waals surface area contributed by atoms with Crippen LogP contribution in [-0.4, -0.2) is 18.1 Å². The highest BCUT2D eigenvalue weighted by molar-refractivity contribution is 6.41. The van der Waals surface area contributed by atoms with Crippen molar-refractivity contribution in [2.75, 3.05) is 7.11 Å². The topological polar surface area (TPSA) is 51.3 Å². The zero-order valence-electron chi connectivity index (χ0n) is 9.37. The summed E-state index contributed by atoms with van der Waals surface area (Å²) >= 11 is 11.4. The van der Waals surface area contributed by atoms with Crippen molar-refractivity contribution in [3.63, 3.8) is 0 Å². The Kier molecular flexibility index (Phi) is 3.79. The van der Waals surface area contributed by atoms with E-state index in [1.165, 1.54) is 6.07 Å². The number of aromatic nitrogens is 1. The smallest absolute Gasteiger partial charge is 0.360 e. The highest BCUT2D eigenvalue weighted by Gasteiger charge is 2.13. The van der Waals surface area contributed by atoms with Crippen LogP contribution in [0.15, 0.2) is 30.3 Å². The van der Waals surface area contributed by atoms with Gasteiger partial charge in [-0.2, -0.15) is 0 Å². The van der Waals surface area contributed by atoms with E-state index in [0.717, 1.165) is 0 Å². The predicted octanol–water partition coefficient (Wildman–Crippen LogP) is 3.55. The number of hydrogen-bond donors (Lipinski definition) is 1. The van der Waals surface area contributed by atoms with E-state index in [9.17, 15) is 4.79 Å². The number of hydrogen-bond acceptors (Lipinski definition) is 3. The molecule has 1 heterocycles. The van der Waals surface area contributed by atoms with Gasteiger partial charge in [0.2, 0.25) is 0 Å². The molecule has 1 aromatic carbocycles. The quantitative estimate of drug-likeness (QED) is 0.693. The van der Waals surface area contributed by atoms with Crippen molar-refractivity contribution in [1.29, 1.82) is 0 Å². The lowest BCUT2D eigenvalue weighted by atomic mass is 10.3. The number of methoxy groups -OCH3 is 1. The van der Waals surface area contributed by atoms with Crippen LogP contribution in [0.2, 0.25) is 10.2 Å². The molecule has 0 saturated carbocycles. The van der Waals surface area contributed by atoms with Crippen LogP contribution in [0.25, 0.3) is 0 Å². The standard InChI is InChI=1S/C12H9Cl2NO3/c1-17-7-2-4-8(5-3-7)18-12(16)10-6-9(13)11(14)15-10/h2-6,15H,1H3. The molecule has 18 heavy (non-hydrogen) atoms. The lowest BCUT2D eigenvalue weighted by molar-refractivity contribution is 0.0729. The van der Waals surface area contributed by atoms with Crippen LogP contribution in [-0.2, 0) is 0 Å². The second kappa shape index (κ2) is 5.33. The fraction of sp³-hybridized carbons (Fsp3) is 0.0833. The maximum absolute atomic E-state index is 11.7. The first-order chi connectivity index (χ1) is 8.60. The van der Waals surface area contributed by atoms with E-state index in [2.05, 4.69) is 4.98 Å². The number of ether oxygens (including phenoxy) is 2. The Morgan fingerprint density at radius 2 is 1.78 bits per heavy atom. The van der Waals surface area contributed by atoms with E-state index in [4.69, 9.17) is 32.7 Å². The highest BCUT2D eigenvalue weighted by Crippen LogP contribution is 2.23. The van der Waals surface area contributed by atoms with E-state index in [1.807, 2.05) is 0 Å². The van der Waals surface area contributed by atoms with Crippen molar-refractivity contribution in [2.45, 2.75) is 0 Å². The summed E-state index contributed by atoms with van der Waals surface area (Å²) in [5.74, 6) is 0.525. The molecular weight excluding hydrogens is 277 g/mol. The third-order valence-electron chi connectivity index (χ3n) is 2.22. The fourth-order valence-electron chi connectivity index (χ4n) is 1.32. The first kappa shape index (κ1) is 12.8. The summed E-state index contributed by atoms with van der Waals surface area (Å²) in [6.07, 6.45) is 0. The van der Waals surface area contributed by atoms with Gasteiger partial charge in [-0.05, 0) is 30.3 Å². The molecule has 4 nitrogen and oxygen atoms in total. The third kappa shape index (κ3) is 2.78. The molecule has 6 heteroatoms. The average molecular weight is 286 g/mol. The molecule has 0 amide bonds. The minimum atomic E-state index is -0.561. The van der Waals surface area contributed by atoms with Crippen LogP contribution < -0.4 is 9.47 Å². The molecular formula is C12H9Cl2NO3. The van der Waals surface area contributed by atoms with Gasteiger partial charge >= 0.3 is 5.97 Å². The number of carbonyl (C=O) groups is 1. The summed E-state index contributed by atoms with van der Waals surface area (Å²) in [6.45, 7) is 0. The highest BCUT2D eigenvalue weighted by atomic mass is 35.5. The number of halogens is 2. The van der Waals surface area contributed by atoms with Gasteiger partial charge in [-0.25, -0.2) is 4.79 Å². The summed E-state index contributed by atoms with van der Waals surface area (Å²) in [4.78, 5) is 14.4. The predicted molar refractivity (Wildman–Crippen MR) is 68.8 cm³/mol. The molecule has 0 radical (unpaired) electrons. The van der Waals surface area contributed by atoms with Gasteiger partial charge in [-0.15, -0.1) is 0 Å². The van der Waals surface area contributed by atoms with Gasteiger partial charge in [0.25, 0.3) is 0 Å². The molecule has 0 aliphatic rings. The van der Waals surface area contributed by atoms with Crippen molar-refractivity contribution < 1.29 is 14.3 Å². The lowest BCUT2D eigenvalue weighted by Gasteiger charge is -2.03. The minimum absolute atomic E-state index is 0.195. The summed E-state index contributed by atoms with van der Waals surface area (Å²) in [6, 6.07) is 8.05. The number of H-pyrrole nitrogens is 1. The zero-order valence-corrected chi connectivity index (χ0v) is 10.9. The SMILES string of the molecule is COc1ccc(OC(=O)c2cc(Cl)c(Cl)[nH]2)cc1. The Bertz CT molecular complexity index is 544. The Hall–Kier alpha value is -1.65. The summed E-state index contributed by atoms with van der Waals surface area (Å²) < 4.78 is 10.1. The molecule has 2 rings (SSSR count). The summed E-state index contributed by atoms with van der Waals surface area (Å²) in [7, 11) is 1.56. The third-order valence-corrected chi connectivity index (χ3v) is 2.91. The fourth-order valence-corrected chi connectivity index (χ4v) is 1.63. The van der Waals surface area contributed by atoms with E-state index in [1.54, 1.807) is 31.4 Å². The molecule has 0 saturated heterocycles. The van der Waals surface area contributed by atoms with Gasteiger partial charge in [0, 0.05) is 0 Å². The van der Waals surface area contributed by atoms with Gasteiger partial charge in [0.15, 0.2) is 0 Å². The molecule has 0 aliphatic carbocycles. The van der Waals surface area contributed by atoms with Gasteiger partial charge in [-0.3, -0.25) is 0 Å². The van der Waals surface area contributed by atoms with Gasteiger partial charge in [0.1, 0.15) is 22.3 Å². The van der Waals surface area contributed by atoms with E-state index in [0.29, 0.717) is 11.5 Å². The zero-order chi connectivity index (χ0) is 13.1.